The molecule has 0 fully saturated rings. The standard InChI is InChI=1S/C23H17FN2O3S/c24-18-8-5-15(6-9-18)14-26-22(27)21(29-23(28)20-4-2-12-30-20)17-7-10-19-16(13-17)3-1-11-25-19/h1-13,21H,14H2,(H,26,27)/t21-/m1/s1. The Balaban J connectivity index is 1.58. The number of hydrogen-bond acceptors (Lipinski definition) is 5. The molecule has 1 N–H and O–H groups in total. The summed E-state index contributed by atoms with van der Waals surface area (Å²) in [7, 11) is 0. The molecule has 0 aliphatic heterocycles. The van der Waals surface area contributed by atoms with Gasteiger partial charge in [0.2, 0.25) is 6.10 Å². The quantitative estimate of drug-likeness (QED) is 0.461. The molecule has 1 atom stereocenters. The molecule has 0 bridgehead atoms. The van der Waals surface area contributed by atoms with E-state index in [1.54, 1.807) is 60.1 Å². The molecule has 0 unspecified atom stereocenters. The van der Waals surface area contributed by atoms with Crippen LogP contribution in [0, 0.1) is 5.82 Å². The molecule has 4 rings (SSSR count). The maximum absolute atomic E-state index is 13.1. The minimum absolute atomic E-state index is 0.182. The van der Waals surface area contributed by atoms with Crippen LogP contribution in [-0.2, 0) is 16.1 Å². The number of benzene rings is 2. The summed E-state index contributed by atoms with van der Waals surface area (Å²) in [5, 5.41) is 5.36. The number of ether oxygens (including phenoxy) is 1. The summed E-state index contributed by atoms with van der Waals surface area (Å²) in [5.41, 5.74) is 2.05. The second kappa shape index (κ2) is 8.84. The molecule has 7 heteroatoms. The van der Waals surface area contributed by atoms with Crippen LogP contribution < -0.4 is 5.32 Å². The number of carbonyl (C=O) groups is 2. The molecule has 30 heavy (non-hydrogen) atoms. The van der Waals surface area contributed by atoms with Crippen molar-refractivity contribution in [2.24, 2.45) is 0 Å². The van der Waals surface area contributed by atoms with Gasteiger partial charge in [0.05, 0.1) is 5.52 Å². The third kappa shape index (κ3) is 4.52. The Morgan fingerprint density at radius 1 is 1.07 bits per heavy atom. The Labute approximate surface area is 176 Å². The number of fused-ring (bicyclic) bond motifs is 1. The van der Waals surface area contributed by atoms with Gasteiger partial charge in [0.1, 0.15) is 10.7 Å². The molecule has 4 aromatic rings. The zero-order valence-corrected chi connectivity index (χ0v) is 16.6. The average molecular weight is 420 g/mol. The van der Waals surface area contributed by atoms with Crippen LogP contribution in [0.1, 0.15) is 26.9 Å². The van der Waals surface area contributed by atoms with Gasteiger partial charge in [0.25, 0.3) is 5.91 Å². The third-order valence-corrected chi connectivity index (χ3v) is 5.35. The van der Waals surface area contributed by atoms with Crippen LogP contribution in [0.15, 0.2) is 78.3 Å². The molecule has 0 aliphatic carbocycles. The van der Waals surface area contributed by atoms with Crippen LogP contribution >= 0.6 is 11.3 Å². The molecule has 1 amide bonds. The minimum atomic E-state index is -1.13. The molecule has 0 aliphatic rings. The van der Waals surface area contributed by atoms with Crippen molar-refractivity contribution in [3.8, 4) is 0 Å². The number of thiophene rings is 1. The lowest BCUT2D eigenvalue weighted by Crippen LogP contribution is -2.31. The first-order valence-electron chi connectivity index (χ1n) is 9.21. The van der Waals surface area contributed by atoms with Gasteiger partial charge < -0.3 is 10.1 Å². The van der Waals surface area contributed by atoms with Crippen molar-refractivity contribution in [3.63, 3.8) is 0 Å². The van der Waals surface area contributed by atoms with E-state index in [9.17, 15) is 14.0 Å². The van der Waals surface area contributed by atoms with Crippen molar-refractivity contribution >= 4 is 34.1 Å². The second-order valence-electron chi connectivity index (χ2n) is 6.56. The number of halogens is 1. The predicted molar refractivity (Wildman–Crippen MR) is 112 cm³/mol. The fourth-order valence-electron chi connectivity index (χ4n) is 2.97. The van der Waals surface area contributed by atoms with Crippen molar-refractivity contribution in [2.75, 3.05) is 0 Å². The number of hydrogen-bond donors (Lipinski definition) is 1. The van der Waals surface area contributed by atoms with Gasteiger partial charge in [0, 0.05) is 23.7 Å². The summed E-state index contributed by atoms with van der Waals surface area (Å²) >= 11 is 1.24. The Kier molecular flexibility index (Phi) is 5.81. The van der Waals surface area contributed by atoms with E-state index in [1.165, 1.54) is 23.5 Å². The smallest absolute Gasteiger partial charge is 0.349 e. The van der Waals surface area contributed by atoms with Gasteiger partial charge in [0.15, 0.2) is 0 Å². The molecule has 2 heterocycles. The number of carbonyl (C=O) groups excluding carboxylic acids is 2. The van der Waals surface area contributed by atoms with Crippen LogP contribution in [0.3, 0.4) is 0 Å². The van der Waals surface area contributed by atoms with E-state index in [0.29, 0.717) is 10.4 Å². The number of amides is 1. The molecule has 150 valence electrons. The van der Waals surface area contributed by atoms with Crippen LogP contribution in [0.4, 0.5) is 4.39 Å². The van der Waals surface area contributed by atoms with Crippen molar-refractivity contribution < 1.29 is 18.7 Å². The highest BCUT2D eigenvalue weighted by atomic mass is 32.1. The summed E-state index contributed by atoms with van der Waals surface area (Å²) in [4.78, 5) is 30.2. The van der Waals surface area contributed by atoms with Gasteiger partial charge >= 0.3 is 5.97 Å². The summed E-state index contributed by atoms with van der Waals surface area (Å²) in [6, 6.07) is 18.2. The lowest BCUT2D eigenvalue weighted by Gasteiger charge is -2.18. The molecule has 0 spiro atoms. The average Bonchev–Trinajstić information content (AvgIpc) is 3.31. The van der Waals surface area contributed by atoms with Crippen molar-refractivity contribution in [1.29, 1.82) is 0 Å². The van der Waals surface area contributed by atoms with Gasteiger partial charge in [-0.2, -0.15) is 0 Å². The van der Waals surface area contributed by atoms with E-state index < -0.39 is 18.0 Å². The maximum Gasteiger partial charge on any atom is 0.349 e. The third-order valence-electron chi connectivity index (χ3n) is 4.50. The van der Waals surface area contributed by atoms with Crippen molar-refractivity contribution in [1.82, 2.24) is 10.3 Å². The largest absolute Gasteiger partial charge is 0.443 e. The first kappa shape index (κ1) is 19.7. The highest BCUT2D eigenvalue weighted by molar-refractivity contribution is 7.11. The van der Waals surface area contributed by atoms with E-state index in [4.69, 9.17) is 4.74 Å². The second-order valence-corrected chi connectivity index (χ2v) is 7.51. The molecule has 2 aromatic carbocycles. The Hall–Kier alpha value is -3.58. The van der Waals surface area contributed by atoms with E-state index in [2.05, 4.69) is 10.3 Å². The summed E-state index contributed by atoms with van der Waals surface area (Å²) in [6.07, 6.45) is 0.552. The van der Waals surface area contributed by atoms with Gasteiger partial charge in [-0.25, -0.2) is 9.18 Å². The summed E-state index contributed by atoms with van der Waals surface area (Å²) in [5.74, 6) is -1.39. The van der Waals surface area contributed by atoms with Gasteiger partial charge in [-0.15, -0.1) is 11.3 Å². The van der Waals surface area contributed by atoms with E-state index in [0.717, 1.165) is 16.5 Å². The summed E-state index contributed by atoms with van der Waals surface area (Å²) in [6.45, 7) is 0.182. The van der Waals surface area contributed by atoms with Crippen molar-refractivity contribution in [3.05, 3.63) is 100 Å². The molecule has 0 radical (unpaired) electrons. The highest BCUT2D eigenvalue weighted by Crippen LogP contribution is 2.24. The normalized spacial score (nSPS) is 11.8. The number of rotatable bonds is 6. The molecule has 0 saturated carbocycles. The molecular weight excluding hydrogens is 403 g/mol. The Bertz CT molecular complexity index is 1180. The predicted octanol–water partition coefficient (Wildman–Crippen LogP) is 4.65. The van der Waals surface area contributed by atoms with Crippen molar-refractivity contribution in [2.45, 2.75) is 12.6 Å². The van der Waals surface area contributed by atoms with E-state index in [1.807, 2.05) is 6.07 Å². The zero-order chi connectivity index (χ0) is 20.9. The fraction of sp³-hybridized carbons (Fsp3) is 0.0870. The Morgan fingerprint density at radius 3 is 2.67 bits per heavy atom. The van der Waals surface area contributed by atoms with Crippen LogP contribution in [0.2, 0.25) is 0 Å². The molecule has 2 aromatic heterocycles. The number of pyridine rings is 1. The van der Waals surface area contributed by atoms with Crippen LogP contribution in [-0.4, -0.2) is 16.9 Å². The van der Waals surface area contributed by atoms with Gasteiger partial charge in [-0.3, -0.25) is 9.78 Å². The van der Waals surface area contributed by atoms with E-state index in [-0.39, 0.29) is 12.4 Å². The van der Waals surface area contributed by atoms with Gasteiger partial charge in [-0.1, -0.05) is 30.3 Å². The Morgan fingerprint density at radius 2 is 1.90 bits per heavy atom. The lowest BCUT2D eigenvalue weighted by molar-refractivity contribution is -0.130. The van der Waals surface area contributed by atoms with Crippen LogP contribution in [0.25, 0.3) is 10.9 Å². The number of nitrogens with zero attached hydrogens (tertiary/aromatic N) is 1. The SMILES string of the molecule is O=C(O[C@@H](C(=O)NCc1ccc(F)cc1)c1ccc2ncccc2c1)c1cccs1. The lowest BCUT2D eigenvalue weighted by atomic mass is 10.1. The molecule has 0 saturated heterocycles. The molecule has 5 nitrogen and oxygen atoms in total. The number of aromatic nitrogens is 1. The zero-order valence-electron chi connectivity index (χ0n) is 15.7. The van der Waals surface area contributed by atoms with Crippen LogP contribution in [0.5, 0.6) is 0 Å². The first-order chi connectivity index (χ1) is 14.6. The topological polar surface area (TPSA) is 68.3 Å². The summed E-state index contributed by atoms with van der Waals surface area (Å²) < 4.78 is 18.7. The monoisotopic (exact) mass is 420 g/mol. The minimum Gasteiger partial charge on any atom is -0.443 e. The van der Waals surface area contributed by atoms with E-state index >= 15 is 0 Å². The maximum atomic E-state index is 13.1. The number of esters is 1. The highest BCUT2D eigenvalue weighted by Gasteiger charge is 2.26. The van der Waals surface area contributed by atoms with Gasteiger partial charge in [-0.05, 0) is 47.3 Å². The molecular formula is C23H17FN2O3S. The first-order valence-corrected chi connectivity index (χ1v) is 10.1. The number of nitrogens with one attached hydrogen (secondary N) is 1. The fourth-order valence-corrected chi connectivity index (χ4v) is 3.58.